The van der Waals surface area contributed by atoms with Crippen LogP contribution in [0.1, 0.15) is 11.3 Å². The molecule has 70 valence electrons. The molecular weight excluding hydrogens is 207 g/mol. The number of fused-ring (bicyclic) bond motifs is 1. The molecule has 1 aliphatic heterocycles. The Morgan fingerprint density at radius 1 is 1.08 bits per heavy atom. The normalized spacial score (nSPS) is 11.4. The highest BCUT2D eigenvalue weighted by Gasteiger charge is 1.96. The first-order valence-corrected chi connectivity index (χ1v) is 3.51. The predicted molar refractivity (Wildman–Crippen MR) is 59.9 cm³/mol. The summed E-state index contributed by atoms with van der Waals surface area (Å²) in [5.74, 6) is 0. The Balaban J connectivity index is 0.000000720. The number of halogens is 2. The average molecular weight is 217 g/mol. The lowest BCUT2D eigenvalue weighted by atomic mass is 10.2. The van der Waals surface area contributed by atoms with Gasteiger partial charge in [0.15, 0.2) is 0 Å². The van der Waals surface area contributed by atoms with Gasteiger partial charge in [-0.2, -0.15) is 0 Å². The Bertz CT molecular complexity index is 290. The van der Waals surface area contributed by atoms with Gasteiger partial charge in [-0.25, -0.2) is 0 Å². The summed E-state index contributed by atoms with van der Waals surface area (Å²) in [6.45, 7) is 0. The molecule has 0 fully saturated rings. The summed E-state index contributed by atoms with van der Waals surface area (Å²) >= 11 is 0. The van der Waals surface area contributed by atoms with Gasteiger partial charge in [0, 0.05) is 24.2 Å². The van der Waals surface area contributed by atoms with Crippen LogP contribution in [-0.4, -0.2) is 4.98 Å². The first kappa shape index (κ1) is 12.0. The molecule has 4 heteroatoms. The fraction of sp³-hybridized carbons (Fsp3) is 0. The zero-order chi connectivity index (χ0) is 7.52. The van der Waals surface area contributed by atoms with Crippen LogP contribution >= 0.6 is 24.8 Å². The van der Waals surface area contributed by atoms with Crippen molar-refractivity contribution < 1.29 is 0 Å². The SMILES string of the molecule is C1=Cc2cccnc2C=CN1.Cl.Cl. The van der Waals surface area contributed by atoms with Gasteiger partial charge in [-0.1, -0.05) is 6.07 Å². The van der Waals surface area contributed by atoms with Crippen molar-refractivity contribution in [2.45, 2.75) is 0 Å². The lowest BCUT2D eigenvalue weighted by Crippen LogP contribution is -1.87. The molecular formula is C9H10Cl2N2. The third-order valence-electron chi connectivity index (χ3n) is 1.57. The molecule has 2 heterocycles. The van der Waals surface area contributed by atoms with Gasteiger partial charge in [0.2, 0.25) is 0 Å². The van der Waals surface area contributed by atoms with Gasteiger partial charge in [-0.3, -0.25) is 4.98 Å². The maximum absolute atomic E-state index is 4.20. The Morgan fingerprint density at radius 3 is 2.69 bits per heavy atom. The number of nitrogens with zero attached hydrogens (tertiary/aromatic N) is 1. The molecule has 1 aromatic rings. The van der Waals surface area contributed by atoms with E-state index < -0.39 is 0 Å². The van der Waals surface area contributed by atoms with Crippen LogP contribution in [0.5, 0.6) is 0 Å². The number of nitrogens with one attached hydrogen (secondary N) is 1. The quantitative estimate of drug-likeness (QED) is 0.722. The van der Waals surface area contributed by atoms with Crippen molar-refractivity contribution in [1.82, 2.24) is 10.3 Å². The van der Waals surface area contributed by atoms with Crippen molar-refractivity contribution in [3.8, 4) is 0 Å². The number of hydrogen-bond acceptors (Lipinski definition) is 2. The van der Waals surface area contributed by atoms with Crippen LogP contribution in [0.4, 0.5) is 0 Å². The standard InChI is InChI=1S/C9H8N2.2ClH/c1-2-8-3-6-10-7-4-9(8)11-5-1;;/h1-7,10H;2*1H. The molecule has 0 aromatic carbocycles. The summed E-state index contributed by atoms with van der Waals surface area (Å²) < 4.78 is 0. The van der Waals surface area contributed by atoms with Crippen molar-refractivity contribution in [3.05, 3.63) is 42.0 Å². The summed E-state index contributed by atoms with van der Waals surface area (Å²) in [6.07, 6.45) is 9.51. The largest absolute Gasteiger partial charge is 0.368 e. The molecule has 0 saturated heterocycles. The molecule has 0 unspecified atom stereocenters. The second kappa shape index (κ2) is 5.62. The van der Waals surface area contributed by atoms with Gasteiger partial charge in [-0.15, -0.1) is 24.8 Å². The summed E-state index contributed by atoms with van der Waals surface area (Å²) in [7, 11) is 0. The Hall–Kier alpha value is -0.990. The van der Waals surface area contributed by atoms with E-state index >= 15 is 0 Å². The monoisotopic (exact) mass is 216 g/mol. The summed E-state index contributed by atoms with van der Waals surface area (Å²) in [5.41, 5.74) is 2.16. The fourth-order valence-electron chi connectivity index (χ4n) is 1.03. The van der Waals surface area contributed by atoms with Crippen molar-refractivity contribution in [2.24, 2.45) is 0 Å². The zero-order valence-corrected chi connectivity index (χ0v) is 8.44. The van der Waals surface area contributed by atoms with E-state index in [-0.39, 0.29) is 24.8 Å². The third kappa shape index (κ3) is 2.76. The molecule has 2 rings (SSSR count). The summed E-state index contributed by atoms with van der Waals surface area (Å²) in [5, 5.41) is 2.99. The minimum Gasteiger partial charge on any atom is -0.368 e. The van der Waals surface area contributed by atoms with Gasteiger partial charge in [-0.05, 0) is 18.2 Å². The minimum atomic E-state index is 0. The fourth-order valence-corrected chi connectivity index (χ4v) is 1.03. The van der Waals surface area contributed by atoms with Crippen LogP contribution < -0.4 is 5.32 Å². The second-order valence-electron chi connectivity index (χ2n) is 2.31. The topological polar surface area (TPSA) is 24.9 Å². The molecule has 0 aliphatic carbocycles. The summed E-state index contributed by atoms with van der Waals surface area (Å²) in [4.78, 5) is 4.20. The van der Waals surface area contributed by atoms with E-state index in [0.29, 0.717) is 0 Å². The average Bonchev–Trinajstić information content (AvgIpc) is 2.28. The third-order valence-corrected chi connectivity index (χ3v) is 1.57. The summed E-state index contributed by atoms with van der Waals surface area (Å²) in [6, 6.07) is 3.97. The molecule has 0 radical (unpaired) electrons. The smallest absolute Gasteiger partial charge is 0.0716 e. The Labute approximate surface area is 89.6 Å². The van der Waals surface area contributed by atoms with Gasteiger partial charge in [0.25, 0.3) is 0 Å². The molecule has 1 aromatic heterocycles. The van der Waals surface area contributed by atoms with E-state index in [1.54, 1.807) is 6.20 Å². The van der Waals surface area contributed by atoms with E-state index in [9.17, 15) is 0 Å². The predicted octanol–water partition coefficient (Wildman–Crippen LogP) is 2.47. The van der Waals surface area contributed by atoms with Crippen molar-refractivity contribution in [1.29, 1.82) is 0 Å². The van der Waals surface area contributed by atoms with E-state index in [2.05, 4.69) is 10.3 Å². The maximum Gasteiger partial charge on any atom is 0.0716 e. The molecule has 1 aliphatic rings. The van der Waals surface area contributed by atoms with Gasteiger partial charge in [0.1, 0.15) is 0 Å². The van der Waals surface area contributed by atoms with E-state index in [0.717, 1.165) is 11.3 Å². The van der Waals surface area contributed by atoms with Crippen LogP contribution in [0.2, 0.25) is 0 Å². The van der Waals surface area contributed by atoms with Gasteiger partial charge in [0.05, 0.1) is 5.69 Å². The molecule has 1 N–H and O–H groups in total. The molecule has 0 saturated carbocycles. The second-order valence-corrected chi connectivity index (χ2v) is 2.31. The number of hydrogen-bond donors (Lipinski definition) is 1. The van der Waals surface area contributed by atoms with Crippen LogP contribution in [0.15, 0.2) is 30.7 Å². The number of rotatable bonds is 0. The maximum atomic E-state index is 4.20. The van der Waals surface area contributed by atoms with Crippen LogP contribution in [-0.2, 0) is 0 Å². The van der Waals surface area contributed by atoms with Gasteiger partial charge < -0.3 is 5.32 Å². The number of pyridine rings is 1. The van der Waals surface area contributed by atoms with Crippen molar-refractivity contribution in [3.63, 3.8) is 0 Å². The highest BCUT2D eigenvalue weighted by atomic mass is 35.5. The van der Waals surface area contributed by atoms with Crippen molar-refractivity contribution >= 4 is 37.0 Å². The number of aromatic nitrogens is 1. The van der Waals surface area contributed by atoms with E-state index in [4.69, 9.17) is 0 Å². The Morgan fingerprint density at radius 2 is 1.85 bits per heavy atom. The minimum absolute atomic E-state index is 0. The Kier molecular flexibility index (Phi) is 5.19. The van der Waals surface area contributed by atoms with Crippen LogP contribution in [0.25, 0.3) is 12.2 Å². The van der Waals surface area contributed by atoms with E-state index in [1.165, 1.54) is 0 Å². The first-order valence-electron chi connectivity index (χ1n) is 3.51. The van der Waals surface area contributed by atoms with Crippen LogP contribution in [0, 0.1) is 0 Å². The highest BCUT2D eigenvalue weighted by molar-refractivity contribution is 5.85. The molecule has 0 spiro atoms. The van der Waals surface area contributed by atoms with Crippen molar-refractivity contribution in [2.75, 3.05) is 0 Å². The lowest BCUT2D eigenvalue weighted by molar-refractivity contribution is 1.22. The highest BCUT2D eigenvalue weighted by Crippen LogP contribution is 2.10. The molecule has 0 amide bonds. The molecule has 13 heavy (non-hydrogen) atoms. The molecule has 2 nitrogen and oxygen atoms in total. The lowest BCUT2D eigenvalue weighted by Gasteiger charge is -1.94. The van der Waals surface area contributed by atoms with E-state index in [1.807, 2.05) is 36.7 Å². The zero-order valence-electron chi connectivity index (χ0n) is 6.81. The van der Waals surface area contributed by atoms with Crippen LogP contribution in [0.3, 0.4) is 0 Å². The molecule has 0 atom stereocenters. The first-order chi connectivity index (χ1) is 5.47. The molecule has 0 bridgehead atoms. The van der Waals surface area contributed by atoms with Gasteiger partial charge >= 0.3 is 0 Å².